The van der Waals surface area contributed by atoms with Crippen LogP contribution >= 0.6 is 34.4 Å². The molecule has 31 heavy (non-hydrogen) atoms. The van der Waals surface area contributed by atoms with Gasteiger partial charge in [0.25, 0.3) is 5.91 Å². The van der Waals surface area contributed by atoms with Gasteiger partial charge in [-0.05, 0) is 36.5 Å². The van der Waals surface area contributed by atoms with Crippen LogP contribution in [0.2, 0.25) is 0 Å². The zero-order valence-corrected chi connectivity index (χ0v) is 18.8. The number of amides is 2. The summed E-state index contributed by atoms with van der Waals surface area (Å²) in [7, 11) is 0. The van der Waals surface area contributed by atoms with Gasteiger partial charge in [-0.15, -0.1) is 22.7 Å². The molecule has 5 rings (SSSR count). The Bertz CT molecular complexity index is 1300. The summed E-state index contributed by atoms with van der Waals surface area (Å²) in [6.45, 7) is 0. The molecule has 3 heterocycles. The first-order chi connectivity index (χ1) is 15.1. The molecular formula is C22H18N4O2S3. The van der Waals surface area contributed by atoms with Gasteiger partial charge in [-0.2, -0.15) is 0 Å². The molecule has 3 N–H and O–H groups in total. The van der Waals surface area contributed by atoms with Crippen molar-refractivity contribution in [1.29, 1.82) is 0 Å². The van der Waals surface area contributed by atoms with E-state index in [0.717, 1.165) is 55.4 Å². The van der Waals surface area contributed by atoms with Gasteiger partial charge in [-0.3, -0.25) is 9.59 Å². The second kappa shape index (κ2) is 8.41. The molecule has 1 aliphatic rings. The highest BCUT2D eigenvalue weighted by Gasteiger charge is 2.26. The maximum Gasteiger partial charge on any atom is 0.251 e. The Balaban J connectivity index is 1.33. The summed E-state index contributed by atoms with van der Waals surface area (Å²) in [6.07, 6.45) is 4.34. The fourth-order valence-electron chi connectivity index (χ4n) is 3.74. The number of fused-ring (bicyclic) bond motifs is 2. The zero-order valence-electron chi connectivity index (χ0n) is 16.4. The second-order valence-electron chi connectivity index (χ2n) is 7.14. The van der Waals surface area contributed by atoms with Crippen molar-refractivity contribution < 1.29 is 9.59 Å². The molecule has 0 fully saturated rings. The number of rotatable bonds is 6. The van der Waals surface area contributed by atoms with Crippen LogP contribution in [0.15, 0.2) is 47.8 Å². The number of carbonyl (C=O) groups is 2. The number of thioether (sulfide) groups is 1. The maximum absolute atomic E-state index is 12.6. The largest absolute Gasteiger partial charge is 0.365 e. The minimum absolute atomic E-state index is 0.183. The smallest absolute Gasteiger partial charge is 0.251 e. The third-order valence-corrected chi connectivity index (χ3v) is 8.42. The lowest BCUT2D eigenvalue weighted by Crippen LogP contribution is -2.19. The molecule has 0 atom stereocenters. The molecule has 0 saturated heterocycles. The van der Waals surface area contributed by atoms with Gasteiger partial charge in [0.15, 0.2) is 0 Å². The van der Waals surface area contributed by atoms with Crippen molar-refractivity contribution in [3.63, 3.8) is 0 Å². The van der Waals surface area contributed by atoms with Crippen LogP contribution in [0.25, 0.3) is 20.7 Å². The van der Waals surface area contributed by atoms with E-state index in [1.54, 1.807) is 11.3 Å². The van der Waals surface area contributed by atoms with E-state index in [4.69, 9.17) is 5.73 Å². The quantitative estimate of drug-likeness (QED) is 0.316. The van der Waals surface area contributed by atoms with Crippen LogP contribution in [0.4, 0.5) is 5.00 Å². The summed E-state index contributed by atoms with van der Waals surface area (Å²) in [5, 5.41) is 5.16. The van der Waals surface area contributed by atoms with Crippen LogP contribution in [-0.4, -0.2) is 27.5 Å². The van der Waals surface area contributed by atoms with E-state index in [1.165, 1.54) is 29.4 Å². The average Bonchev–Trinajstić information content (AvgIpc) is 3.46. The van der Waals surface area contributed by atoms with E-state index in [2.05, 4.69) is 33.5 Å². The fourth-order valence-corrected chi connectivity index (χ4v) is 6.90. The molecule has 156 valence electrons. The summed E-state index contributed by atoms with van der Waals surface area (Å²) in [6, 6.07) is 12.2. The van der Waals surface area contributed by atoms with E-state index in [1.807, 2.05) is 18.2 Å². The number of nitrogens with one attached hydrogen (secondary N) is 1. The lowest BCUT2D eigenvalue weighted by Gasteiger charge is -2.06. The molecule has 0 bridgehead atoms. The highest BCUT2D eigenvalue weighted by molar-refractivity contribution is 8.00. The van der Waals surface area contributed by atoms with Crippen molar-refractivity contribution in [2.75, 3.05) is 11.1 Å². The Morgan fingerprint density at radius 2 is 1.97 bits per heavy atom. The number of primary amides is 1. The van der Waals surface area contributed by atoms with Crippen molar-refractivity contribution in [2.24, 2.45) is 5.73 Å². The molecule has 0 unspecified atom stereocenters. The standard InChI is InChI=1S/C22H18N4O2S3/c23-19(28)18-13-7-4-8-15(13)30-22(18)26-17(27)10-29-20-14-9-16(12-5-2-1-3-6-12)31-21(14)25-11-24-20/h1-3,5-6,9,11H,4,7-8,10H2,(H2,23,28)(H,26,27). The molecule has 1 aliphatic carbocycles. The molecule has 3 aromatic heterocycles. The Hall–Kier alpha value is -2.75. The number of aryl methyl sites for hydroxylation is 1. The number of benzene rings is 1. The van der Waals surface area contributed by atoms with Gasteiger partial charge < -0.3 is 11.1 Å². The van der Waals surface area contributed by atoms with Crippen molar-refractivity contribution in [3.05, 3.63) is 58.7 Å². The summed E-state index contributed by atoms with van der Waals surface area (Å²) in [5.41, 5.74) is 8.19. The van der Waals surface area contributed by atoms with Crippen molar-refractivity contribution in [3.8, 4) is 10.4 Å². The van der Waals surface area contributed by atoms with Gasteiger partial charge in [0.2, 0.25) is 5.91 Å². The normalized spacial score (nSPS) is 12.8. The summed E-state index contributed by atoms with van der Waals surface area (Å²) in [5.74, 6) is -0.479. The summed E-state index contributed by atoms with van der Waals surface area (Å²) in [4.78, 5) is 36.5. The number of aromatic nitrogens is 2. The van der Waals surface area contributed by atoms with Crippen molar-refractivity contribution in [1.82, 2.24) is 9.97 Å². The van der Waals surface area contributed by atoms with Crippen LogP contribution < -0.4 is 11.1 Å². The first-order valence-electron chi connectivity index (χ1n) is 9.77. The Kier molecular flexibility index (Phi) is 5.47. The summed E-state index contributed by atoms with van der Waals surface area (Å²) >= 11 is 4.43. The molecule has 0 radical (unpaired) electrons. The number of hydrogen-bond donors (Lipinski definition) is 2. The van der Waals surface area contributed by atoms with Crippen molar-refractivity contribution >= 4 is 61.5 Å². The molecule has 1 aromatic carbocycles. The monoisotopic (exact) mass is 466 g/mol. The number of nitrogens with two attached hydrogens (primary N) is 1. The third-order valence-electron chi connectivity index (χ3n) is 5.11. The second-order valence-corrected chi connectivity index (χ2v) is 10.2. The topological polar surface area (TPSA) is 98.0 Å². The van der Waals surface area contributed by atoms with Crippen LogP contribution in [0.3, 0.4) is 0 Å². The Morgan fingerprint density at radius 3 is 2.77 bits per heavy atom. The predicted octanol–water partition coefficient (Wildman–Crippen LogP) is 4.74. The average molecular weight is 467 g/mol. The molecule has 6 nitrogen and oxygen atoms in total. The SMILES string of the molecule is NC(=O)c1c(NC(=O)CSc2ncnc3sc(-c4ccccc4)cc23)sc2c1CCC2. The number of carbonyl (C=O) groups excluding carboxylic acids is 2. The zero-order chi connectivity index (χ0) is 21.4. The highest BCUT2D eigenvalue weighted by atomic mass is 32.2. The van der Waals surface area contributed by atoms with E-state index >= 15 is 0 Å². The maximum atomic E-state index is 12.6. The number of hydrogen-bond acceptors (Lipinski definition) is 7. The van der Waals surface area contributed by atoms with E-state index < -0.39 is 5.91 Å². The molecular weight excluding hydrogens is 448 g/mol. The minimum Gasteiger partial charge on any atom is -0.365 e. The Morgan fingerprint density at radius 1 is 1.13 bits per heavy atom. The first-order valence-corrected chi connectivity index (χ1v) is 12.4. The summed E-state index contributed by atoms with van der Waals surface area (Å²) < 4.78 is 0. The van der Waals surface area contributed by atoms with E-state index in [-0.39, 0.29) is 11.7 Å². The molecule has 0 aliphatic heterocycles. The Labute approximate surface area is 190 Å². The van der Waals surface area contributed by atoms with Crippen molar-refractivity contribution in [2.45, 2.75) is 24.3 Å². The van der Waals surface area contributed by atoms with Crippen LogP contribution in [0, 0.1) is 0 Å². The molecule has 2 amide bonds. The molecule has 9 heteroatoms. The van der Waals surface area contributed by atoms with E-state index in [9.17, 15) is 9.59 Å². The minimum atomic E-state index is -0.480. The van der Waals surface area contributed by atoms with Gasteiger partial charge in [-0.25, -0.2) is 9.97 Å². The van der Waals surface area contributed by atoms with Gasteiger partial charge >= 0.3 is 0 Å². The molecule has 0 saturated carbocycles. The first kappa shape index (κ1) is 20.2. The molecule has 0 spiro atoms. The van der Waals surface area contributed by atoms with Gasteiger partial charge in [0, 0.05) is 15.1 Å². The van der Waals surface area contributed by atoms with Crippen LogP contribution in [0.5, 0.6) is 0 Å². The molecule has 4 aromatic rings. The lowest BCUT2D eigenvalue weighted by molar-refractivity contribution is -0.113. The highest BCUT2D eigenvalue weighted by Crippen LogP contribution is 2.39. The van der Waals surface area contributed by atoms with Gasteiger partial charge in [0.1, 0.15) is 21.2 Å². The van der Waals surface area contributed by atoms with Gasteiger partial charge in [0.05, 0.1) is 11.3 Å². The fraction of sp³-hybridized carbons (Fsp3) is 0.182. The van der Waals surface area contributed by atoms with Crippen LogP contribution in [-0.2, 0) is 17.6 Å². The van der Waals surface area contributed by atoms with Gasteiger partial charge in [-0.1, -0.05) is 42.1 Å². The number of nitrogens with zero attached hydrogens (tertiary/aromatic N) is 2. The lowest BCUT2D eigenvalue weighted by atomic mass is 10.1. The van der Waals surface area contributed by atoms with Crippen LogP contribution in [0.1, 0.15) is 27.2 Å². The third kappa shape index (κ3) is 3.96. The predicted molar refractivity (Wildman–Crippen MR) is 127 cm³/mol. The number of thiophene rings is 2. The van der Waals surface area contributed by atoms with E-state index in [0.29, 0.717) is 10.6 Å². The number of anilines is 1.